The minimum absolute atomic E-state index is 0.347. The first-order valence-electron chi connectivity index (χ1n) is 0.672. The van der Waals surface area contributed by atoms with Gasteiger partial charge in [-0.05, 0) is 0 Å². The van der Waals surface area contributed by atoms with E-state index >= 15 is 0 Å². The van der Waals surface area contributed by atoms with Gasteiger partial charge in [0.1, 0.15) is 0 Å². The second-order valence-electron chi connectivity index (χ2n) is 0.261. The van der Waals surface area contributed by atoms with Crippen LogP contribution in [0.4, 0.5) is 0 Å². The summed E-state index contributed by atoms with van der Waals surface area (Å²) in [4.78, 5) is 0. The topological polar surface area (TPSA) is 0 Å². The normalized spacial score (nSPS) is 9.00. The summed E-state index contributed by atoms with van der Waals surface area (Å²) in [7, 11) is 0. The van der Waals surface area contributed by atoms with Gasteiger partial charge in [-0.3, -0.25) is 0 Å². The van der Waals surface area contributed by atoms with Crippen LogP contribution in [0.5, 0.6) is 0 Å². The van der Waals surface area contributed by atoms with Crippen LogP contribution in [0, 0.1) is 0 Å². The molecular weight excluding hydrogens is 162 g/mol. The molecule has 0 amide bonds. The van der Waals surface area contributed by atoms with E-state index in [0.29, 0.717) is 0 Å². The third-order valence-electron chi connectivity index (χ3n) is 0. The van der Waals surface area contributed by atoms with Crippen molar-refractivity contribution in [2.24, 2.45) is 0 Å². The second kappa shape index (κ2) is 2.34. The van der Waals surface area contributed by atoms with Gasteiger partial charge >= 0.3 is 42.9 Å². The molecule has 0 rings (SSSR count). The molecule has 1 radical (unpaired) electrons. The van der Waals surface area contributed by atoms with Gasteiger partial charge in [-0.25, -0.2) is 0 Å². The SMILES string of the molecule is ClC(Cl)[Se]. The minimum atomic E-state index is -0.347. The summed E-state index contributed by atoms with van der Waals surface area (Å²) in [6.45, 7) is 0. The predicted octanol–water partition coefficient (Wildman–Crippen LogP) is 0.916. The first-order chi connectivity index (χ1) is 1.73. The Kier molecular flexibility index (Phi) is 2.99. The Labute approximate surface area is 43.3 Å². The molecule has 0 aromatic rings. The van der Waals surface area contributed by atoms with Gasteiger partial charge < -0.3 is 0 Å². The first-order valence-corrected chi connectivity index (χ1v) is 2.53. The van der Waals surface area contributed by atoms with Crippen molar-refractivity contribution in [3.05, 3.63) is 0 Å². The Morgan fingerprint density at radius 3 is 1.50 bits per heavy atom. The van der Waals surface area contributed by atoms with Gasteiger partial charge in [-0.1, -0.05) is 0 Å². The zero-order valence-electron chi connectivity index (χ0n) is 1.74. The van der Waals surface area contributed by atoms with Gasteiger partial charge in [-0.15, -0.1) is 0 Å². The number of hydrogen-bond acceptors (Lipinski definition) is 0. The molecule has 0 fully saturated rings. The number of hydrogen-bond donors (Lipinski definition) is 0. The number of halogens is 2. The Morgan fingerprint density at radius 1 is 1.50 bits per heavy atom. The van der Waals surface area contributed by atoms with Crippen molar-refractivity contribution in [1.82, 2.24) is 0 Å². The molecule has 0 unspecified atom stereocenters. The zero-order chi connectivity index (χ0) is 3.58. The van der Waals surface area contributed by atoms with Crippen molar-refractivity contribution in [2.45, 2.75) is 3.73 Å². The zero-order valence-corrected chi connectivity index (χ0v) is 4.97. The Balaban J connectivity index is 2.32. The molecule has 0 aromatic carbocycles. The molecule has 0 aliphatic heterocycles. The molecule has 0 spiro atoms. The van der Waals surface area contributed by atoms with Gasteiger partial charge in [0.2, 0.25) is 0 Å². The quantitative estimate of drug-likeness (QED) is 0.367. The molecule has 0 saturated heterocycles. The van der Waals surface area contributed by atoms with Crippen molar-refractivity contribution in [3.63, 3.8) is 0 Å². The van der Waals surface area contributed by atoms with Gasteiger partial charge in [0.05, 0.1) is 0 Å². The number of alkyl halides is 2. The predicted molar refractivity (Wildman–Crippen MR) is 21.2 cm³/mol. The average molecular weight is 163 g/mol. The van der Waals surface area contributed by atoms with Crippen molar-refractivity contribution in [3.8, 4) is 0 Å². The monoisotopic (exact) mass is 163 g/mol. The fourth-order valence-electron chi connectivity index (χ4n) is 0. The second-order valence-corrected chi connectivity index (χ2v) is 3.52. The van der Waals surface area contributed by atoms with Crippen molar-refractivity contribution >= 4 is 39.2 Å². The van der Waals surface area contributed by atoms with Crippen LogP contribution in [-0.2, 0) is 0 Å². The molecule has 0 N–H and O–H groups in total. The Bertz CT molecular complexity index is 10.8. The van der Waals surface area contributed by atoms with Crippen LogP contribution < -0.4 is 0 Å². The van der Waals surface area contributed by atoms with E-state index in [4.69, 9.17) is 23.2 Å². The van der Waals surface area contributed by atoms with Gasteiger partial charge in [0, 0.05) is 0 Å². The van der Waals surface area contributed by atoms with Crippen LogP contribution in [0.3, 0.4) is 0 Å². The average Bonchev–Trinajstić information content (AvgIpc) is 0.811. The van der Waals surface area contributed by atoms with E-state index in [-0.39, 0.29) is 3.73 Å². The summed E-state index contributed by atoms with van der Waals surface area (Å²) in [5.41, 5.74) is 0. The third kappa shape index (κ3) is 11.3. The molecule has 0 heterocycles. The maximum atomic E-state index is 4.98. The molecule has 25 valence electrons. The Hall–Kier alpha value is 1.10. The summed E-state index contributed by atoms with van der Waals surface area (Å²) in [5, 5.41) is 0. The van der Waals surface area contributed by atoms with Crippen molar-refractivity contribution in [1.29, 1.82) is 0 Å². The van der Waals surface area contributed by atoms with Gasteiger partial charge in [0.15, 0.2) is 0 Å². The van der Waals surface area contributed by atoms with Crippen LogP contribution in [0.15, 0.2) is 0 Å². The van der Waals surface area contributed by atoms with E-state index in [1.807, 2.05) is 0 Å². The standard InChI is InChI=1S/CHCl2Se/c2-1(3)4/h1H. The number of rotatable bonds is 0. The first kappa shape index (κ1) is 5.10. The van der Waals surface area contributed by atoms with E-state index in [2.05, 4.69) is 16.0 Å². The van der Waals surface area contributed by atoms with Crippen molar-refractivity contribution in [2.75, 3.05) is 0 Å². The van der Waals surface area contributed by atoms with Crippen LogP contribution >= 0.6 is 23.2 Å². The van der Waals surface area contributed by atoms with E-state index in [0.717, 1.165) is 0 Å². The van der Waals surface area contributed by atoms with E-state index in [1.54, 1.807) is 0 Å². The van der Waals surface area contributed by atoms with E-state index in [1.165, 1.54) is 0 Å². The molecule has 0 aliphatic rings. The van der Waals surface area contributed by atoms with Gasteiger partial charge in [-0.2, -0.15) is 0 Å². The third-order valence-corrected chi connectivity index (χ3v) is 0. The molecule has 0 aliphatic carbocycles. The van der Waals surface area contributed by atoms with Crippen molar-refractivity contribution < 1.29 is 0 Å². The van der Waals surface area contributed by atoms with E-state index < -0.39 is 0 Å². The molecule has 3 heteroatoms. The summed E-state index contributed by atoms with van der Waals surface area (Å²) in [5.74, 6) is 0. The molecule has 0 atom stereocenters. The summed E-state index contributed by atoms with van der Waals surface area (Å²) < 4.78 is -0.347. The summed E-state index contributed by atoms with van der Waals surface area (Å²) in [6.07, 6.45) is 0. The Morgan fingerprint density at radius 2 is 1.50 bits per heavy atom. The van der Waals surface area contributed by atoms with Crippen LogP contribution in [0.2, 0.25) is 0 Å². The van der Waals surface area contributed by atoms with Gasteiger partial charge in [0.25, 0.3) is 0 Å². The summed E-state index contributed by atoms with van der Waals surface area (Å²) >= 11 is 12.4. The van der Waals surface area contributed by atoms with Crippen LogP contribution in [-0.4, -0.2) is 19.7 Å². The molecule has 0 nitrogen and oxygen atoms in total. The fraction of sp³-hybridized carbons (Fsp3) is 1.00. The van der Waals surface area contributed by atoms with E-state index in [9.17, 15) is 0 Å². The molecule has 4 heavy (non-hydrogen) atoms. The molecular formula is CHCl2Se. The van der Waals surface area contributed by atoms with Crippen LogP contribution in [0.25, 0.3) is 0 Å². The maximum absolute atomic E-state index is 4.98. The van der Waals surface area contributed by atoms with Crippen LogP contribution in [0.1, 0.15) is 0 Å². The summed E-state index contributed by atoms with van der Waals surface area (Å²) in [6, 6.07) is 0. The molecule has 0 aromatic heterocycles. The molecule has 0 saturated carbocycles. The molecule has 0 bridgehead atoms. The fourth-order valence-corrected chi connectivity index (χ4v) is 0.